The van der Waals surface area contributed by atoms with Crippen molar-refractivity contribution < 1.29 is 15.3 Å². The first kappa shape index (κ1) is 34.2. The van der Waals surface area contributed by atoms with Gasteiger partial charge in [-0.25, -0.2) is 19.4 Å². The van der Waals surface area contributed by atoms with Crippen molar-refractivity contribution in [1.82, 2.24) is 9.97 Å². The van der Waals surface area contributed by atoms with E-state index in [1.807, 2.05) is 40.7 Å². The minimum Gasteiger partial charge on any atom is -0.493 e. The fraction of sp³-hybridized carbons (Fsp3) is 0.448. The van der Waals surface area contributed by atoms with Crippen LogP contribution < -0.4 is 11.5 Å². The molecule has 4 N–H and O–H groups in total. The number of hydrogen-bond acceptors (Lipinski definition) is 6. The number of aromatic nitrogens is 2. The fourth-order valence-corrected chi connectivity index (χ4v) is 3.58. The molecule has 0 spiro atoms. The lowest BCUT2D eigenvalue weighted by Crippen LogP contribution is -2.26. The molecule has 2 aliphatic rings. The first-order valence-electron chi connectivity index (χ1n) is 12.8. The van der Waals surface area contributed by atoms with Gasteiger partial charge < -0.3 is 20.9 Å². The quantitative estimate of drug-likeness (QED) is 0.163. The van der Waals surface area contributed by atoms with E-state index < -0.39 is 5.41 Å². The van der Waals surface area contributed by atoms with E-state index in [0.717, 1.165) is 17.7 Å². The summed E-state index contributed by atoms with van der Waals surface area (Å²) < 4.78 is 23.9. The summed E-state index contributed by atoms with van der Waals surface area (Å²) in [4.78, 5) is 16.3. The monoisotopic (exact) mass is 530 g/mol. The molecular weight excluding hydrogens is 483 g/mol. The van der Waals surface area contributed by atoms with Crippen LogP contribution in [0.1, 0.15) is 54.6 Å². The Bertz CT molecular complexity index is 1080. The van der Waals surface area contributed by atoms with Crippen LogP contribution in [0.25, 0.3) is 0 Å². The van der Waals surface area contributed by atoms with E-state index in [-0.39, 0.29) is 13.2 Å². The molecule has 0 radical (unpaired) electrons. The largest absolute Gasteiger partial charge is 0.493 e. The summed E-state index contributed by atoms with van der Waals surface area (Å²) in [5.41, 5.74) is 13.2. The van der Waals surface area contributed by atoms with Crippen LogP contribution in [0.15, 0.2) is 82.3 Å². The van der Waals surface area contributed by atoms with Gasteiger partial charge >= 0.3 is 0 Å². The van der Waals surface area contributed by atoms with Gasteiger partial charge in [0.15, 0.2) is 17.3 Å². The molecule has 2 unspecified atom stereocenters. The Balaban J connectivity index is 0. The third-order valence-corrected chi connectivity index (χ3v) is 5.63. The Hall–Kier alpha value is -3.75. The second-order valence-corrected chi connectivity index (χ2v) is 7.90. The van der Waals surface area contributed by atoms with Crippen molar-refractivity contribution in [3.63, 3.8) is 0 Å². The predicted molar refractivity (Wildman–Crippen MR) is 159 cm³/mol. The maximum absolute atomic E-state index is 13.7. The number of rotatable bonds is 9. The van der Waals surface area contributed by atoms with Crippen LogP contribution in [-0.4, -0.2) is 42.9 Å². The van der Waals surface area contributed by atoms with Gasteiger partial charge in [0, 0.05) is 19.7 Å². The van der Waals surface area contributed by atoms with Crippen molar-refractivity contribution in [2.45, 2.75) is 54.4 Å². The van der Waals surface area contributed by atoms with Crippen molar-refractivity contribution in [3.05, 3.63) is 78.0 Å². The lowest BCUT2D eigenvalue weighted by atomic mass is 9.94. The molecule has 1 saturated carbocycles. The molecule has 0 aliphatic heterocycles. The molecule has 0 aromatic carbocycles. The van der Waals surface area contributed by atoms with E-state index in [1.54, 1.807) is 39.4 Å². The molecule has 3 rings (SSSR count). The molecule has 1 heterocycles. The average molecular weight is 531 g/mol. The number of allylic oxidation sites excluding steroid dienone is 4. The minimum atomic E-state index is -0.442. The number of methoxy groups -OCH3 is 2. The lowest BCUT2D eigenvalue weighted by Gasteiger charge is -2.16. The predicted octanol–water partition coefficient (Wildman–Crippen LogP) is 6.50. The Morgan fingerprint density at radius 3 is 2.42 bits per heavy atom. The Morgan fingerprint density at radius 2 is 1.89 bits per heavy atom. The maximum atomic E-state index is 13.7. The molecule has 2 aliphatic carbocycles. The summed E-state index contributed by atoms with van der Waals surface area (Å²) in [6, 6.07) is 1.75. The molecule has 0 amide bonds. The summed E-state index contributed by atoms with van der Waals surface area (Å²) in [6.07, 6.45) is 9.46. The Kier molecular flexibility index (Phi) is 15.9. The van der Waals surface area contributed by atoms with Gasteiger partial charge in [-0.3, -0.25) is 4.99 Å². The number of aryl methyl sites for hydroxylation is 1. The maximum Gasteiger partial charge on any atom is 0.163 e. The molecule has 9 heteroatoms. The highest BCUT2D eigenvalue weighted by molar-refractivity contribution is 5.94. The highest BCUT2D eigenvalue weighted by atomic mass is 19.1. The topological polar surface area (TPSA) is 121 Å². The number of hydrogen-bond donors (Lipinski definition) is 2. The zero-order valence-corrected chi connectivity index (χ0v) is 24.2. The summed E-state index contributed by atoms with van der Waals surface area (Å²) >= 11 is 0. The average Bonchev–Trinajstić information content (AvgIpc) is 3.64. The van der Waals surface area contributed by atoms with Crippen molar-refractivity contribution in [3.8, 4) is 0 Å². The molecular formula is C29H47FN6O2. The van der Waals surface area contributed by atoms with Crippen molar-refractivity contribution >= 4 is 18.0 Å². The van der Waals surface area contributed by atoms with Crippen LogP contribution in [0.3, 0.4) is 0 Å². The molecule has 38 heavy (non-hydrogen) atoms. The third-order valence-electron chi connectivity index (χ3n) is 5.63. The minimum absolute atomic E-state index is 0. The van der Waals surface area contributed by atoms with E-state index >= 15 is 0 Å². The number of fused-ring (bicyclic) bond motifs is 1. The van der Waals surface area contributed by atoms with Crippen LogP contribution in [0, 0.1) is 18.3 Å². The zero-order chi connectivity index (χ0) is 29.3. The van der Waals surface area contributed by atoms with Crippen LogP contribution in [0.4, 0.5) is 10.2 Å². The van der Waals surface area contributed by atoms with Gasteiger partial charge in [0.1, 0.15) is 18.0 Å². The lowest BCUT2D eigenvalue weighted by molar-refractivity contribution is 0.218. The number of halogens is 1. The smallest absolute Gasteiger partial charge is 0.163 e. The molecule has 1 aromatic heterocycles. The van der Waals surface area contributed by atoms with Crippen LogP contribution in [0.5, 0.6) is 0 Å². The van der Waals surface area contributed by atoms with Gasteiger partial charge in [0.05, 0.1) is 26.0 Å². The number of amidine groups is 1. The molecule has 1 fully saturated rings. The normalized spacial score (nSPS) is 19.8. The van der Waals surface area contributed by atoms with Crippen LogP contribution in [0.2, 0.25) is 0 Å². The van der Waals surface area contributed by atoms with E-state index in [1.165, 1.54) is 12.7 Å². The molecule has 0 saturated heterocycles. The van der Waals surface area contributed by atoms with Gasteiger partial charge in [-0.1, -0.05) is 53.0 Å². The van der Waals surface area contributed by atoms with Gasteiger partial charge in [0.2, 0.25) is 0 Å². The fourth-order valence-electron chi connectivity index (χ4n) is 3.58. The molecule has 8 nitrogen and oxygen atoms in total. The highest BCUT2D eigenvalue weighted by Gasteiger charge is 2.56. The Morgan fingerprint density at radius 1 is 1.24 bits per heavy atom. The van der Waals surface area contributed by atoms with Gasteiger partial charge in [-0.15, -0.1) is 0 Å². The van der Waals surface area contributed by atoms with Gasteiger partial charge in [-0.2, -0.15) is 0 Å². The second kappa shape index (κ2) is 17.7. The highest BCUT2D eigenvalue weighted by Crippen LogP contribution is 2.58. The number of nitrogens with zero attached hydrogens (tertiary/aromatic N) is 4. The summed E-state index contributed by atoms with van der Waals surface area (Å²) in [5.74, 6) is 2.08. The van der Waals surface area contributed by atoms with E-state index in [9.17, 15) is 4.39 Å². The van der Waals surface area contributed by atoms with Crippen molar-refractivity contribution in [2.24, 2.45) is 32.8 Å². The van der Waals surface area contributed by atoms with Crippen molar-refractivity contribution in [2.75, 3.05) is 20.8 Å². The summed E-state index contributed by atoms with van der Waals surface area (Å²) in [7, 11) is 3.11. The molecule has 212 valence electrons. The number of aliphatic imine (C=N–C) groups is 2. The van der Waals surface area contributed by atoms with Crippen LogP contribution in [-0.2, 0) is 9.47 Å². The molecule has 0 bridgehead atoms. The number of ether oxygens (including phenoxy) is 2. The molecule has 2 atom stereocenters. The van der Waals surface area contributed by atoms with Gasteiger partial charge in [-0.05, 0) is 49.8 Å². The standard InChI is InChI=1S/C14H15FN4.C11H18N2O2.2C2H6.H2/c1-8-3-10-5-14(10,6-11(8)15)13(16)19-12-4-9(2)17-7-18-12;1-5-10(6-7-13-8-12)11(15-4)9(2)14-3;2*1-2;/h3-4,6-7,10H,5H2,1-2H3,(H2,16,17,18,19);5,8H,1-2,6-7H2,3-4H3,(H2,12,13);2*1-2H3;1H/b;11-10-;;;. The van der Waals surface area contributed by atoms with Gasteiger partial charge in [0.25, 0.3) is 0 Å². The Labute approximate surface area is 229 Å². The summed E-state index contributed by atoms with van der Waals surface area (Å²) in [6.45, 7) is 19.7. The number of nitrogens with two attached hydrogens (primary N) is 2. The first-order chi connectivity index (χ1) is 18.2. The van der Waals surface area contributed by atoms with Crippen LogP contribution >= 0.6 is 0 Å². The third kappa shape index (κ3) is 9.61. The molecule has 1 aromatic rings. The first-order valence-corrected chi connectivity index (χ1v) is 12.8. The second-order valence-electron chi connectivity index (χ2n) is 7.90. The van der Waals surface area contributed by atoms with E-state index in [4.69, 9.17) is 20.9 Å². The van der Waals surface area contributed by atoms with E-state index in [2.05, 4.69) is 33.1 Å². The van der Waals surface area contributed by atoms with Crippen molar-refractivity contribution in [1.29, 1.82) is 0 Å². The SMILES string of the molecule is C=C/C(CCN=CN)=C(/OC)C(=C)OC.CC.CC.CC1=CC2CC2(C(N)=Nc2cc(C)ncn2)C=C1F.[HH]. The van der Waals surface area contributed by atoms with E-state index in [0.29, 0.717) is 41.7 Å². The zero-order valence-electron chi connectivity index (χ0n) is 24.2. The summed E-state index contributed by atoms with van der Waals surface area (Å²) in [5, 5.41) is 0.